The maximum atomic E-state index is 13.9. The highest BCUT2D eigenvalue weighted by Crippen LogP contribution is 2.31. The van der Waals surface area contributed by atoms with Crippen LogP contribution >= 0.6 is 11.6 Å². The molecule has 0 radical (unpaired) electrons. The summed E-state index contributed by atoms with van der Waals surface area (Å²) >= 11 is 6.12. The molecule has 3 atom stereocenters. The Morgan fingerprint density at radius 2 is 2.05 bits per heavy atom. The number of benzene rings is 1. The first-order valence-corrected chi connectivity index (χ1v) is 8.78. The molecule has 0 aliphatic rings. The van der Waals surface area contributed by atoms with Gasteiger partial charge in [-0.05, 0) is 26.3 Å². The van der Waals surface area contributed by atoms with E-state index in [9.17, 15) is 13.0 Å². The Morgan fingerprint density at radius 1 is 1.38 bits per heavy atom. The van der Waals surface area contributed by atoms with Crippen LogP contribution in [0.1, 0.15) is 37.5 Å². The van der Waals surface area contributed by atoms with Gasteiger partial charge in [-0.15, -0.1) is 11.6 Å². The number of hydrogen-bond acceptors (Lipinski definition) is 2. The van der Waals surface area contributed by atoms with Gasteiger partial charge >= 0.3 is 0 Å². The van der Waals surface area contributed by atoms with Gasteiger partial charge in [-0.25, -0.2) is 13.8 Å². The molecule has 21 heavy (non-hydrogen) atoms. The minimum Gasteiger partial charge on any atom is -0.324 e. The number of alkyl halides is 1. The molecule has 0 spiro atoms. The maximum absolute atomic E-state index is 13.9. The second-order valence-corrected chi connectivity index (χ2v) is 7.34. The Kier molecular flexibility index (Phi) is 4.99. The average Bonchev–Trinajstić information content (AvgIpc) is 2.75. The molecule has 0 aliphatic carbocycles. The summed E-state index contributed by atoms with van der Waals surface area (Å²) in [7, 11) is -0.922. The van der Waals surface area contributed by atoms with Crippen molar-refractivity contribution >= 4 is 33.4 Å². The third-order valence-electron chi connectivity index (χ3n) is 3.36. The summed E-state index contributed by atoms with van der Waals surface area (Å²) in [6, 6.07) is 1.97. The molecule has 2 rings (SSSR count). The Bertz CT molecular complexity index is 687. The normalized spacial score (nSPS) is 16.1. The van der Waals surface area contributed by atoms with Gasteiger partial charge in [0.1, 0.15) is 17.2 Å². The molecule has 0 saturated carbocycles. The zero-order valence-electron chi connectivity index (χ0n) is 12.1. The molecule has 116 valence electrons. The van der Waals surface area contributed by atoms with Gasteiger partial charge in [-0.2, -0.15) is 0 Å². The van der Waals surface area contributed by atoms with Crippen LogP contribution < -0.4 is 0 Å². The first-order chi connectivity index (χ1) is 9.81. The maximum Gasteiger partial charge on any atom is 0.153 e. The zero-order valence-corrected chi connectivity index (χ0v) is 13.6. The third-order valence-corrected chi connectivity index (χ3v) is 4.37. The molecular formula is C14H17ClF2N2OS. The molecule has 3 nitrogen and oxygen atoms in total. The van der Waals surface area contributed by atoms with Crippen LogP contribution in [0.3, 0.4) is 0 Å². The molecule has 2 aromatic rings. The molecule has 3 unspecified atom stereocenters. The molecule has 0 bridgehead atoms. The molecule has 1 aromatic heterocycles. The van der Waals surface area contributed by atoms with Crippen molar-refractivity contribution in [1.82, 2.24) is 9.55 Å². The third kappa shape index (κ3) is 3.43. The molecular weight excluding hydrogens is 318 g/mol. The van der Waals surface area contributed by atoms with E-state index in [2.05, 4.69) is 4.98 Å². The van der Waals surface area contributed by atoms with Crippen molar-refractivity contribution in [2.45, 2.75) is 31.7 Å². The number of hydrogen-bond donors (Lipinski definition) is 0. The molecule has 0 amide bonds. The van der Waals surface area contributed by atoms with Gasteiger partial charge in [0.25, 0.3) is 0 Å². The molecule has 0 N–H and O–H groups in total. The van der Waals surface area contributed by atoms with E-state index in [1.165, 1.54) is 6.07 Å². The Balaban J connectivity index is 2.58. The van der Waals surface area contributed by atoms with Crippen LogP contribution in [0.25, 0.3) is 11.0 Å². The standard InChI is InChI=1S/C14H17ClF2N2OS/c1-8(4-5-21(3)20)19-12-7-10(16)6-11(17)13(12)18-14(19)9(2)15/h6-9H,4-5H2,1-3H3. The van der Waals surface area contributed by atoms with E-state index in [0.29, 0.717) is 23.5 Å². The SMILES string of the molecule is CC(Cl)c1nc2c(F)cc(F)cc2n1C(C)CCS(C)=O. The highest BCUT2D eigenvalue weighted by Gasteiger charge is 2.21. The number of aromatic nitrogens is 2. The van der Waals surface area contributed by atoms with Crippen molar-refractivity contribution in [3.05, 3.63) is 29.6 Å². The molecule has 1 aromatic carbocycles. The number of rotatable bonds is 5. The van der Waals surface area contributed by atoms with Gasteiger partial charge < -0.3 is 4.57 Å². The second kappa shape index (κ2) is 6.40. The van der Waals surface area contributed by atoms with Crippen LogP contribution in [0, 0.1) is 11.6 Å². The summed E-state index contributed by atoms with van der Waals surface area (Å²) in [6.07, 6.45) is 2.24. The zero-order chi connectivity index (χ0) is 15.7. The van der Waals surface area contributed by atoms with Crippen molar-refractivity contribution in [2.24, 2.45) is 0 Å². The van der Waals surface area contributed by atoms with E-state index < -0.39 is 27.8 Å². The van der Waals surface area contributed by atoms with Crippen molar-refractivity contribution in [2.75, 3.05) is 12.0 Å². The quantitative estimate of drug-likeness (QED) is 0.776. The molecule has 0 aliphatic heterocycles. The van der Waals surface area contributed by atoms with Crippen molar-refractivity contribution < 1.29 is 13.0 Å². The largest absolute Gasteiger partial charge is 0.324 e. The molecule has 0 saturated heterocycles. The first kappa shape index (κ1) is 16.4. The predicted molar refractivity (Wildman–Crippen MR) is 82.2 cm³/mol. The highest BCUT2D eigenvalue weighted by atomic mass is 35.5. The fourth-order valence-electron chi connectivity index (χ4n) is 2.35. The van der Waals surface area contributed by atoms with Gasteiger partial charge in [-0.1, -0.05) is 0 Å². The van der Waals surface area contributed by atoms with Crippen LogP contribution in [0.5, 0.6) is 0 Å². The lowest BCUT2D eigenvalue weighted by Crippen LogP contribution is -2.12. The van der Waals surface area contributed by atoms with E-state index >= 15 is 0 Å². The first-order valence-electron chi connectivity index (χ1n) is 6.62. The minimum atomic E-state index is -0.922. The minimum absolute atomic E-state index is 0.101. The molecule has 7 heteroatoms. The summed E-state index contributed by atoms with van der Waals surface area (Å²) in [4.78, 5) is 4.21. The fourth-order valence-corrected chi connectivity index (χ4v) is 3.17. The van der Waals surface area contributed by atoms with Gasteiger partial charge in [0.2, 0.25) is 0 Å². The Morgan fingerprint density at radius 3 is 2.62 bits per heavy atom. The van der Waals surface area contributed by atoms with Crippen LogP contribution in [-0.2, 0) is 10.8 Å². The topological polar surface area (TPSA) is 34.9 Å². The van der Waals surface area contributed by atoms with E-state index in [1.54, 1.807) is 17.7 Å². The average molecular weight is 335 g/mol. The smallest absolute Gasteiger partial charge is 0.153 e. The summed E-state index contributed by atoms with van der Waals surface area (Å²) < 4.78 is 40.4. The number of imidazole rings is 1. The lowest BCUT2D eigenvalue weighted by molar-refractivity contribution is 0.521. The lowest BCUT2D eigenvalue weighted by Gasteiger charge is -2.18. The van der Waals surface area contributed by atoms with Gasteiger partial charge in [0.05, 0.1) is 10.9 Å². The number of nitrogens with zero attached hydrogens (tertiary/aromatic N) is 2. The second-order valence-electron chi connectivity index (χ2n) is 5.13. The van der Waals surface area contributed by atoms with E-state index in [1.807, 2.05) is 6.92 Å². The van der Waals surface area contributed by atoms with Crippen molar-refractivity contribution in [3.63, 3.8) is 0 Å². The summed E-state index contributed by atoms with van der Waals surface area (Å²) in [5, 5.41) is -0.436. The number of fused-ring (bicyclic) bond motifs is 1. The fraction of sp³-hybridized carbons (Fsp3) is 0.500. The predicted octanol–water partition coefficient (Wildman–Crippen LogP) is 3.94. The van der Waals surface area contributed by atoms with Crippen LogP contribution in [0.4, 0.5) is 8.78 Å². The van der Waals surface area contributed by atoms with Crippen molar-refractivity contribution in [3.8, 4) is 0 Å². The molecule has 1 heterocycles. The molecule has 0 fully saturated rings. The van der Waals surface area contributed by atoms with Gasteiger partial charge in [0, 0.05) is 34.9 Å². The Hall–Kier alpha value is -1.01. The van der Waals surface area contributed by atoms with Crippen LogP contribution in [0.15, 0.2) is 12.1 Å². The van der Waals surface area contributed by atoms with Crippen LogP contribution in [-0.4, -0.2) is 25.8 Å². The summed E-state index contributed by atoms with van der Waals surface area (Å²) in [5.41, 5.74) is 0.493. The van der Waals surface area contributed by atoms with Gasteiger partial charge in [-0.3, -0.25) is 4.21 Å². The van der Waals surface area contributed by atoms with Crippen LogP contribution in [0.2, 0.25) is 0 Å². The van der Waals surface area contributed by atoms with Gasteiger partial charge in [0.15, 0.2) is 5.82 Å². The lowest BCUT2D eigenvalue weighted by atomic mass is 10.2. The highest BCUT2D eigenvalue weighted by molar-refractivity contribution is 7.84. The van der Waals surface area contributed by atoms with E-state index in [4.69, 9.17) is 11.6 Å². The van der Waals surface area contributed by atoms with Crippen molar-refractivity contribution in [1.29, 1.82) is 0 Å². The Labute approximate surface area is 129 Å². The number of halogens is 3. The summed E-state index contributed by atoms with van der Waals surface area (Å²) in [6.45, 7) is 3.64. The monoisotopic (exact) mass is 334 g/mol. The van der Waals surface area contributed by atoms with E-state index in [-0.39, 0.29) is 11.6 Å². The van der Waals surface area contributed by atoms with E-state index in [0.717, 1.165) is 6.07 Å². The summed E-state index contributed by atoms with van der Waals surface area (Å²) in [5.74, 6) is -0.352.